The average molecular weight is 368 g/mol. The Bertz CT molecular complexity index is 950. The van der Waals surface area contributed by atoms with Gasteiger partial charge in [0, 0.05) is 35.3 Å². The number of ether oxygens (including phenoxy) is 1. The SMILES string of the molecule is Fc1ccc(OCCNc2nc(-c3ccncc3)nc3c2CCC3)cc1F. The van der Waals surface area contributed by atoms with E-state index in [1.165, 1.54) is 6.07 Å². The van der Waals surface area contributed by atoms with Crippen molar-refractivity contribution in [3.8, 4) is 17.1 Å². The van der Waals surface area contributed by atoms with Gasteiger partial charge in [-0.2, -0.15) is 0 Å². The van der Waals surface area contributed by atoms with Crippen LogP contribution in [-0.4, -0.2) is 28.1 Å². The summed E-state index contributed by atoms with van der Waals surface area (Å²) < 4.78 is 31.6. The third kappa shape index (κ3) is 3.86. The number of pyridine rings is 1. The maximum absolute atomic E-state index is 13.2. The average Bonchev–Trinajstić information content (AvgIpc) is 3.17. The Morgan fingerprint density at radius 1 is 1.00 bits per heavy atom. The van der Waals surface area contributed by atoms with Crippen LogP contribution in [0.5, 0.6) is 5.75 Å². The monoisotopic (exact) mass is 368 g/mol. The largest absolute Gasteiger partial charge is 0.492 e. The summed E-state index contributed by atoms with van der Waals surface area (Å²) in [7, 11) is 0. The van der Waals surface area contributed by atoms with E-state index in [1.807, 2.05) is 12.1 Å². The molecule has 0 aliphatic heterocycles. The van der Waals surface area contributed by atoms with E-state index in [0.717, 1.165) is 54.0 Å². The second kappa shape index (κ2) is 7.65. The zero-order valence-electron chi connectivity index (χ0n) is 14.6. The van der Waals surface area contributed by atoms with E-state index >= 15 is 0 Å². The molecule has 0 unspecified atom stereocenters. The first-order valence-electron chi connectivity index (χ1n) is 8.82. The lowest BCUT2D eigenvalue weighted by Crippen LogP contribution is -2.14. The van der Waals surface area contributed by atoms with Crippen LogP contribution in [0.3, 0.4) is 0 Å². The van der Waals surface area contributed by atoms with Crippen molar-refractivity contribution in [3.63, 3.8) is 0 Å². The van der Waals surface area contributed by atoms with E-state index in [-0.39, 0.29) is 0 Å². The van der Waals surface area contributed by atoms with Gasteiger partial charge >= 0.3 is 0 Å². The Morgan fingerprint density at radius 3 is 2.67 bits per heavy atom. The van der Waals surface area contributed by atoms with Crippen molar-refractivity contribution in [1.29, 1.82) is 0 Å². The van der Waals surface area contributed by atoms with Crippen molar-refractivity contribution in [2.24, 2.45) is 0 Å². The van der Waals surface area contributed by atoms with Crippen LogP contribution in [0.25, 0.3) is 11.4 Å². The fourth-order valence-electron chi connectivity index (χ4n) is 3.11. The van der Waals surface area contributed by atoms with Crippen LogP contribution in [0.15, 0.2) is 42.7 Å². The molecule has 1 N–H and O–H groups in total. The first-order valence-corrected chi connectivity index (χ1v) is 8.82. The van der Waals surface area contributed by atoms with Crippen molar-refractivity contribution >= 4 is 5.82 Å². The lowest BCUT2D eigenvalue weighted by atomic mass is 10.2. The van der Waals surface area contributed by atoms with Gasteiger partial charge < -0.3 is 10.1 Å². The van der Waals surface area contributed by atoms with Crippen LogP contribution < -0.4 is 10.1 Å². The molecule has 27 heavy (non-hydrogen) atoms. The standard InChI is InChI=1S/C20H18F2N4O/c21-16-5-4-14(12-17(16)22)27-11-10-24-20-15-2-1-3-18(15)25-19(26-20)13-6-8-23-9-7-13/h4-9,12H,1-3,10-11H2,(H,24,25,26). The highest BCUT2D eigenvalue weighted by Crippen LogP contribution is 2.29. The molecular formula is C20H18F2N4O. The highest BCUT2D eigenvalue weighted by molar-refractivity contribution is 5.60. The number of aryl methyl sites for hydroxylation is 1. The van der Waals surface area contributed by atoms with Gasteiger partial charge in [-0.05, 0) is 43.5 Å². The number of hydrogen-bond acceptors (Lipinski definition) is 5. The molecule has 0 spiro atoms. The number of anilines is 1. The third-order valence-electron chi connectivity index (χ3n) is 4.43. The highest BCUT2D eigenvalue weighted by Gasteiger charge is 2.19. The van der Waals surface area contributed by atoms with E-state index in [9.17, 15) is 8.78 Å². The molecule has 4 rings (SSSR count). The quantitative estimate of drug-likeness (QED) is 0.671. The molecule has 1 aliphatic rings. The summed E-state index contributed by atoms with van der Waals surface area (Å²) in [5.41, 5.74) is 3.13. The molecule has 0 amide bonds. The summed E-state index contributed by atoms with van der Waals surface area (Å²) in [4.78, 5) is 13.4. The molecule has 0 radical (unpaired) electrons. The van der Waals surface area contributed by atoms with Gasteiger partial charge in [-0.25, -0.2) is 18.7 Å². The predicted octanol–water partition coefficient (Wildman–Crippen LogP) is 3.80. The van der Waals surface area contributed by atoms with Gasteiger partial charge in [0.2, 0.25) is 0 Å². The molecule has 0 atom stereocenters. The van der Waals surface area contributed by atoms with Gasteiger partial charge in [-0.15, -0.1) is 0 Å². The number of rotatable bonds is 6. The minimum absolute atomic E-state index is 0.293. The lowest BCUT2D eigenvalue weighted by molar-refractivity contribution is 0.329. The minimum Gasteiger partial charge on any atom is -0.492 e. The van der Waals surface area contributed by atoms with Crippen molar-refractivity contribution in [2.75, 3.05) is 18.5 Å². The molecule has 1 aromatic carbocycles. The van der Waals surface area contributed by atoms with Crippen LogP contribution in [0, 0.1) is 11.6 Å². The van der Waals surface area contributed by atoms with E-state index in [2.05, 4.69) is 15.3 Å². The Morgan fingerprint density at radius 2 is 1.85 bits per heavy atom. The Balaban J connectivity index is 1.45. The smallest absolute Gasteiger partial charge is 0.162 e. The maximum Gasteiger partial charge on any atom is 0.162 e. The van der Waals surface area contributed by atoms with Crippen LogP contribution in [0.1, 0.15) is 17.7 Å². The van der Waals surface area contributed by atoms with Gasteiger partial charge in [0.25, 0.3) is 0 Å². The second-order valence-corrected chi connectivity index (χ2v) is 6.26. The molecule has 138 valence electrons. The minimum atomic E-state index is -0.920. The van der Waals surface area contributed by atoms with Crippen molar-refractivity contribution < 1.29 is 13.5 Å². The first kappa shape index (κ1) is 17.3. The molecular weight excluding hydrogens is 350 g/mol. The van der Waals surface area contributed by atoms with Crippen LogP contribution in [0.2, 0.25) is 0 Å². The Kier molecular flexibility index (Phi) is 4.91. The number of hydrogen-bond donors (Lipinski definition) is 1. The summed E-state index contributed by atoms with van der Waals surface area (Å²) in [6, 6.07) is 7.26. The molecule has 3 aromatic rings. The molecule has 5 nitrogen and oxygen atoms in total. The van der Waals surface area contributed by atoms with E-state index < -0.39 is 11.6 Å². The topological polar surface area (TPSA) is 59.9 Å². The molecule has 7 heteroatoms. The summed E-state index contributed by atoms with van der Waals surface area (Å²) in [5.74, 6) is -0.0434. The molecule has 2 aromatic heterocycles. The van der Waals surface area contributed by atoms with Crippen molar-refractivity contribution in [3.05, 3.63) is 65.6 Å². The normalized spacial score (nSPS) is 12.7. The summed E-state index contributed by atoms with van der Waals surface area (Å²) in [6.45, 7) is 0.784. The number of benzene rings is 1. The molecule has 0 saturated carbocycles. The number of nitrogens with one attached hydrogen (secondary N) is 1. The molecule has 1 aliphatic carbocycles. The van der Waals surface area contributed by atoms with Crippen LogP contribution in [0.4, 0.5) is 14.6 Å². The fourth-order valence-corrected chi connectivity index (χ4v) is 3.11. The zero-order valence-corrected chi connectivity index (χ0v) is 14.6. The third-order valence-corrected chi connectivity index (χ3v) is 4.43. The molecule has 0 saturated heterocycles. The molecule has 0 bridgehead atoms. The van der Waals surface area contributed by atoms with Gasteiger partial charge in [-0.3, -0.25) is 4.98 Å². The van der Waals surface area contributed by atoms with Gasteiger partial charge in [0.1, 0.15) is 18.2 Å². The Labute approximate surface area is 155 Å². The number of aromatic nitrogens is 3. The van der Waals surface area contributed by atoms with E-state index in [4.69, 9.17) is 9.72 Å². The maximum atomic E-state index is 13.2. The fraction of sp³-hybridized carbons (Fsp3) is 0.250. The number of nitrogens with zero attached hydrogens (tertiary/aromatic N) is 3. The predicted molar refractivity (Wildman–Crippen MR) is 97.6 cm³/mol. The summed E-state index contributed by atoms with van der Waals surface area (Å²) in [5, 5.41) is 3.29. The summed E-state index contributed by atoms with van der Waals surface area (Å²) in [6.07, 6.45) is 6.38. The summed E-state index contributed by atoms with van der Waals surface area (Å²) >= 11 is 0. The Hall–Kier alpha value is -3.09. The number of halogens is 2. The van der Waals surface area contributed by atoms with Gasteiger partial charge in [0.15, 0.2) is 17.5 Å². The first-order chi connectivity index (χ1) is 13.2. The van der Waals surface area contributed by atoms with Gasteiger partial charge in [-0.1, -0.05) is 0 Å². The molecule has 0 fully saturated rings. The zero-order chi connectivity index (χ0) is 18.6. The van der Waals surface area contributed by atoms with Gasteiger partial charge in [0.05, 0.1) is 6.54 Å². The number of fused-ring (bicyclic) bond motifs is 1. The second-order valence-electron chi connectivity index (χ2n) is 6.26. The molecule has 2 heterocycles. The lowest BCUT2D eigenvalue weighted by Gasteiger charge is -2.13. The van der Waals surface area contributed by atoms with Crippen LogP contribution >= 0.6 is 0 Å². The highest BCUT2D eigenvalue weighted by atomic mass is 19.2. The van der Waals surface area contributed by atoms with Crippen molar-refractivity contribution in [1.82, 2.24) is 15.0 Å². The van der Waals surface area contributed by atoms with Crippen LogP contribution in [-0.2, 0) is 12.8 Å². The van der Waals surface area contributed by atoms with E-state index in [1.54, 1.807) is 12.4 Å². The van der Waals surface area contributed by atoms with Crippen molar-refractivity contribution in [2.45, 2.75) is 19.3 Å². The van der Waals surface area contributed by atoms with E-state index in [0.29, 0.717) is 24.7 Å².